The topological polar surface area (TPSA) is 87.4 Å². The molecule has 7 nitrogen and oxygen atoms in total. The van der Waals surface area contributed by atoms with Gasteiger partial charge in [-0.2, -0.15) is 0 Å². The van der Waals surface area contributed by atoms with E-state index in [1.807, 2.05) is 38.1 Å². The van der Waals surface area contributed by atoms with E-state index in [4.69, 9.17) is 15.7 Å². The number of primary amides is 1. The lowest BCUT2D eigenvalue weighted by molar-refractivity contribution is -0.119. The Morgan fingerprint density at radius 2 is 1.79 bits per heavy atom. The van der Waals surface area contributed by atoms with Crippen molar-refractivity contribution in [3.05, 3.63) is 66.0 Å². The van der Waals surface area contributed by atoms with Crippen LogP contribution in [0.4, 0.5) is 5.82 Å². The number of anilines is 1. The minimum Gasteiger partial charge on any atom is -0.368 e. The summed E-state index contributed by atoms with van der Waals surface area (Å²) in [4.78, 5) is 26.5. The fourth-order valence-electron chi connectivity index (χ4n) is 4.32. The van der Waals surface area contributed by atoms with Gasteiger partial charge in [-0.1, -0.05) is 56.4 Å². The molecule has 1 amide bonds. The van der Waals surface area contributed by atoms with Crippen LogP contribution in [-0.4, -0.2) is 64.4 Å². The minimum absolute atomic E-state index is 0.0574. The normalized spacial score (nSPS) is 18.3. The second kappa shape index (κ2) is 10.7. The summed E-state index contributed by atoms with van der Waals surface area (Å²) in [5.74, 6) is 1.12. The molecule has 4 rings (SSSR count). The molecule has 1 aliphatic carbocycles. The van der Waals surface area contributed by atoms with Crippen molar-refractivity contribution in [1.29, 1.82) is 0 Å². The third-order valence-electron chi connectivity index (χ3n) is 6.22. The van der Waals surface area contributed by atoms with Gasteiger partial charge in [-0.15, -0.1) is 0 Å². The molecule has 0 saturated carbocycles. The third-order valence-corrected chi connectivity index (χ3v) is 6.22. The largest absolute Gasteiger partial charge is 0.368 e. The van der Waals surface area contributed by atoms with E-state index in [1.54, 1.807) is 0 Å². The van der Waals surface area contributed by atoms with Crippen molar-refractivity contribution in [3.8, 4) is 0 Å². The number of nitrogens with one attached hydrogen (secondary N) is 1. The third kappa shape index (κ3) is 6.06. The van der Waals surface area contributed by atoms with Gasteiger partial charge in [0.15, 0.2) is 0 Å². The first-order chi connectivity index (χ1) is 16.0. The molecular weight excluding hydrogens is 412 g/mol. The summed E-state index contributed by atoms with van der Waals surface area (Å²) < 4.78 is 0. The van der Waals surface area contributed by atoms with Crippen LogP contribution >= 0.6 is 0 Å². The second-order valence-corrected chi connectivity index (χ2v) is 9.13. The lowest BCUT2D eigenvalue weighted by atomic mass is 10.0. The number of hydrogen-bond acceptors (Lipinski definition) is 6. The van der Waals surface area contributed by atoms with Gasteiger partial charge in [0.25, 0.3) is 0 Å². The van der Waals surface area contributed by atoms with Gasteiger partial charge in [0, 0.05) is 38.1 Å². The fourth-order valence-corrected chi connectivity index (χ4v) is 4.32. The molecule has 3 N–H and O–H groups in total. The van der Waals surface area contributed by atoms with Gasteiger partial charge in [0.05, 0.1) is 12.1 Å². The smallest absolute Gasteiger partial charge is 0.240 e. The maximum atomic E-state index is 12.0. The Morgan fingerprint density at radius 1 is 1.06 bits per heavy atom. The standard InChI is InChI=1S/C26H34N6O/c1-19(2)24(25(27)33)30-26-21-11-7-8-12-22(21)28-23(29-26)18-32-15-13-31(14-16-32)17-20-9-5-3-4-6-10-20/h3-5,7-12,19,24H,6,13-18H2,1-2H3,(H2,27,33)(H,28,29,30). The molecule has 33 heavy (non-hydrogen) atoms. The zero-order chi connectivity index (χ0) is 23.2. The number of rotatable bonds is 8. The fraction of sp³-hybridized carbons (Fsp3) is 0.423. The highest BCUT2D eigenvalue weighted by atomic mass is 16.1. The number of fused-ring (bicyclic) bond motifs is 1. The number of aromatic nitrogens is 2. The Labute approximate surface area is 196 Å². The van der Waals surface area contributed by atoms with Gasteiger partial charge in [0.1, 0.15) is 17.7 Å². The number of carbonyl (C=O) groups is 1. The second-order valence-electron chi connectivity index (χ2n) is 9.13. The molecule has 2 heterocycles. The molecule has 1 aromatic carbocycles. The molecule has 2 aliphatic rings. The Balaban J connectivity index is 1.43. The van der Waals surface area contributed by atoms with Crippen LogP contribution in [0.5, 0.6) is 0 Å². The van der Waals surface area contributed by atoms with Crippen molar-refractivity contribution in [2.75, 3.05) is 38.0 Å². The Hall–Kier alpha value is -3.03. The Morgan fingerprint density at radius 3 is 2.52 bits per heavy atom. The van der Waals surface area contributed by atoms with Crippen molar-refractivity contribution in [1.82, 2.24) is 19.8 Å². The first kappa shape index (κ1) is 23.1. The highest BCUT2D eigenvalue weighted by molar-refractivity contribution is 5.91. The number of amides is 1. The number of allylic oxidation sites excluding steroid dienone is 4. The van der Waals surface area contributed by atoms with Gasteiger partial charge in [0.2, 0.25) is 5.91 Å². The molecule has 2 aromatic rings. The van der Waals surface area contributed by atoms with Crippen LogP contribution in [-0.2, 0) is 11.3 Å². The molecule has 0 spiro atoms. The first-order valence-corrected chi connectivity index (χ1v) is 11.8. The van der Waals surface area contributed by atoms with Crippen LogP contribution in [0, 0.1) is 5.92 Å². The van der Waals surface area contributed by atoms with Crippen LogP contribution in [0.15, 0.2) is 60.2 Å². The van der Waals surface area contributed by atoms with Gasteiger partial charge in [-0.05, 0) is 30.0 Å². The zero-order valence-electron chi connectivity index (χ0n) is 19.6. The first-order valence-electron chi connectivity index (χ1n) is 11.8. The van der Waals surface area contributed by atoms with E-state index in [2.05, 4.69) is 45.5 Å². The number of hydrogen-bond donors (Lipinski definition) is 2. The zero-order valence-corrected chi connectivity index (χ0v) is 19.6. The number of piperazine rings is 1. The van der Waals surface area contributed by atoms with Crippen LogP contribution in [0.3, 0.4) is 0 Å². The lowest BCUT2D eigenvalue weighted by Crippen LogP contribution is -2.46. The van der Waals surface area contributed by atoms with Gasteiger partial charge in [-0.3, -0.25) is 14.6 Å². The van der Waals surface area contributed by atoms with Crippen molar-refractivity contribution in [2.24, 2.45) is 11.7 Å². The van der Waals surface area contributed by atoms with E-state index in [0.717, 1.165) is 55.9 Å². The number of nitrogens with two attached hydrogens (primary N) is 1. The van der Waals surface area contributed by atoms with E-state index < -0.39 is 6.04 Å². The number of benzene rings is 1. The average Bonchev–Trinajstić information content (AvgIpc) is 3.07. The van der Waals surface area contributed by atoms with E-state index in [-0.39, 0.29) is 11.8 Å². The van der Waals surface area contributed by atoms with Crippen molar-refractivity contribution in [3.63, 3.8) is 0 Å². The molecule has 0 radical (unpaired) electrons. The van der Waals surface area contributed by atoms with Crippen LogP contribution in [0.2, 0.25) is 0 Å². The SMILES string of the molecule is CC(C)C(Nc1nc(CN2CCN(CC3=CCC=CC=C3)CC2)nc2ccccc12)C(N)=O. The highest BCUT2D eigenvalue weighted by Gasteiger charge is 2.23. The van der Waals surface area contributed by atoms with Crippen molar-refractivity contribution >= 4 is 22.6 Å². The lowest BCUT2D eigenvalue weighted by Gasteiger charge is -2.34. The molecule has 1 unspecified atom stereocenters. The van der Waals surface area contributed by atoms with Crippen LogP contribution in [0.25, 0.3) is 10.9 Å². The maximum absolute atomic E-state index is 12.0. The molecule has 1 fully saturated rings. The van der Waals surface area contributed by atoms with Gasteiger partial charge >= 0.3 is 0 Å². The molecule has 1 aliphatic heterocycles. The summed E-state index contributed by atoms with van der Waals surface area (Å²) in [6.07, 6.45) is 11.9. The van der Waals surface area contributed by atoms with E-state index in [1.165, 1.54) is 5.57 Å². The molecule has 7 heteroatoms. The van der Waals surface area contributed by atoms with Crippen molar-refractivity contribution < 1.29 is 4.79 Å². The summed E-state index contributed by atoms with van der Waals surface area (Å²) in [5, 5.41) is 4.19. The number of para-hydroxylation sites is 1. The Kier molecular flexibility index (Phi) is 7.52. The Bertz CT molecular complexity index is 1070. The summed E-state index contributed by atoms with van der Waals surface area (Å²) in [6, 6.07) is 7.41. The van der Waals surface area contributed by atoms with E-state index in [9.17, 15) is 4.79 Å². The van der Waals surface area contributed by atoms with E-state index >= 15 is 0 Å². The van der Waals surface area contributed by atoms with Gasteiger partial charge in [-0.25, -0.2) is 9.97 Å². The van der Waals surface area contributed by atoms with Crippen LogP contribution < -0.4 is 11.1 Å². The molecule has 174 valence electrons. The number of carbonyl (C=O) groups excluding carboxylic acids is 1. The highest BCUT2D eigenvalue weighted by Crippen LogP contribution is 2.23. The van der Waals surface area contributed by atoms with Crippen LogP contribution in [0.1, 0.15) is 26.1 Å². The summed E-state index contributed by atoms with van der Waals surface area (Å²) in [7, 11) is 0. The minimum atomic E-state index is -0.484. The molecular formula is C26H34N6O. The predicted octanol–water partition coefficient (Wildman–Crippen LogP) is 3.11. The summed E-state index contributed by atoms with van der Waals surface area (Å²) >= 11 is 0. The maximum Gasteiger partial charge on any atom is 0.240 e. The monoisotopic (exact) mass is 446 g/mol. The summed E-state index contributed by atoms with van der Waals surface area (Å²) in [6.45, 7) is 9.63. The predicted molar refractivity (Wildman–Crippen MR) is 134 cm³/mol. The molecule has 1 aromatic heterocycles. The average molecular weight is 447 g/mol. The van der Waals surface area contributed by atoms with E-state index in [0.29, 0.717) is 12.4 Å². The molecule has 1 saturated heterocycles. The van der Waals surface area contributed by atoms with Crippen molar-refractivity contribution in [2.45, 2.75) is 32.9 Å². The van der Waals surface area contributed by atoms with Gasteiger partial charge < -0.3 is 11.1 Å². The summed E-state index contributed by atoms with van der Waals surface area (Å²) in [5.41, 5.74) is 7.89. The molecule has 1 atom stereocenters. The molecule has 0 bridgehead atoms. The number of nitrogens with zero attached hydrogens (tertiary/aromatic N) is 4. The quantitative estimate of drug-likeness (QED) is 0.648.